The van der Waals surface area contributed by atoms with Gasteiger partial charge in [0.1, 0.15) is 11.5 Å². The Morgan fingerprint density at radius 1 is 1.44 bits per heavy atom. The van der Waals surface area contributed by atoms with E-state index >= 15 is 0 Å². The van der Waals surface area contributed by atoms with E-state index in [2.05, 4.69) is 15.9 Å². The maximum Gasteiger partial charge on any atom is 0.138 e. The largest absolute Gasteiger partial charge is 0.495 e. The second kappa shape index (κ2) is 5.34. The molecule has 1 atom stereocenters. The molecule has 96 valence electrons. The highest BCUT2D eigenvalue weighted by Gasteiger charge is 2.21. The van der Waals surface area contributed by atoms with Gasteiger partial charge in [-0.15, -0.1) is 0 Å². The van der Waals surface area contributed by atoms with Gasteiger partial charge >= 0.3 is 0 Å². The molecule has 0 fully saturated rings. The van der Waals surface area contributed by atoms with Crippen LogP contribution in [0.4, 0.5) is 0 Å². The summed E-state index contributed by atoms with van der Waals surface area (Å²) in [6, 6.07) is 5.02. The molecule has 2 aromatic rings. The van der Waals surface area contributed by atoms with Crippen LogP contribution in [-0.4, -0.2) is 7.11 Å². The van der Waals surface area contributed by atoms with Gasteiger partial charge in [0.2, 0.25) is 0 Å². The van der Waals surface area contributed by atoms with Gasteiger partial charge in [-0.1, -0.05) is 11.6 Å². The molecule has 0 spiro atoms. The van der Waals surface area contributed by atoms with Crippen molar-refractivity contribution in [3.63, 3.8) is 0 Å². The van der Waals surface area contributed by atoms with E-state index in [9.17, 15) is 0 Å². The van der Waals surface area contributed by atoms with E-state index in [1.807, 2.05) is 13.0 Å². The minimum Gasteiger partial charge on any atom is -0.495 e. The molecule has 0 radical (unpaired) electrons. The van der Waals surface area contributed by atoms with Gasteiger partial charge in [0.25, 0.3) is 0 Å². The molecule has 1 aromatic heterocycles. The zero-order chi connectivity index (χ0) is 13.3. The summed E-state index contributed by atoms with van der Waals surface area (Å²) in [5.41, 5.74) is 8.01. The lowest BCUT2D eigenvalue weighted by Crippen LogP contribution is -2.13. The van der Waals surface area contributed by atoms with Crippen LogP contribution in [0, 0.1) is 6.92 Å². The number of ether oxygens (including phenoxy) is 1. The fourth-order valence-corrected chi connectivity index (χ4v) is 2.87. The third-order valence-corrected chi connectivity index (χ3v) is 3.57. The smallest absolute Gasteiger partial charge is 0.138 e. The Hall–Kier alpha value is -0.970. The second-order valence-corrected chi connectivity index (χ2v) is 5.25. The number of halogens is 2. The average molecular weight is 331 g/mol. The van der Waals surface area contributed by atoms with Crippen LogP contribution in [0.3, 0.4) is 0 Å². The molecule has 0 amide bonds. The molecular weight excluding hydrogens is 318 g/mol. The SMILES string of the molecule is COc1c(Br)cc(Cl)cc1C(N)c1occc1C. The van der Waals surface area contributed by atoms with Crippen molar-refractivity contribution < 1.29 is 9.15 Å². The Morgan fingerprint density at radius 3 is 2.72 bits per heavy atom. The molecule has 2 rings (SSSR count). The number of hydrogen-bond acceptors (Lipinski definition) is 3. The van der Waals surface area contributed by atoms with E-state index in [0.29, 0.717) is 16.5 Å². The van der Waals surface area contributed by atoms with Gasteiger partial charge in [0, 0.05) is 10.6 Å². The van der Waals surface area contributed by atoms with E-state index in [0.717, 1.165) is 15.6 Å². The van der Waals surface area contributed by atoms with Crippen molar-refractivity contribution in [2.75, 3.05) is 7.11 Å². The quantitative estimate of drug-likeness (QED) is 0.923. The lowest BCUT2D eigenvalue weighted by Gasteiger charge is -2.16. The second-order valence-electron chi connectivity index (χ2n) is 3.96. The van der Waals surface area contributed by atoms with Crippen molar-refractivity contribution in [2.45, 2.75) is 13.0 Å². The van der Waals surface area contributed by atoms with Crippen molar-refractivity contribution in [1.82, 2.24) is 0 Å². The summed E-state index contributed by atoms with van der Waals surface area (Å²) in [6.07, 6.45) is 1.62. The van der Waals surface area contributed by atoms with Crippen LogP contribution < -0.4 is 10.5 Å². The highest BCUT2D eigenvalue weighted by Crippen LogP contribution is 2.38. The van der Waals surface area contributed by atoms with Gasteiger partial charge in [-0.2, -0.15) is 0 Å². The fraction of sp³-hybridized carbons (Fsp3) is 0.231. The molecule has 2 N–H and O–H groups in total. The lowest BCUT2D eigenvalue weighted by atomic mass is 10.0. The Balaban J connectivity index is 2.54. The van der Waals surface area contributed by atoms with Crippen LogP contribution in [0.2, 0.25) is 5.02 Å². The Morgan fingerprint density at radius 2 is 2.17 bits per heavy atom. The topological polar surface area (TPSA) is 48.4 Å². The third-order valence-electron chi connectivity index (χ3n) is 2.76. The van der Waals surface area contributed by atoms with Crippen LogP contribution in [0.15, 0.2) is 33.4 Å². The van der Waals surface area contributed by atoms with Crippen molar-refractivity contribution >= 4 is 27.5 Å². The van der Waals surface area contributed by atoms with Gasteiger partial charge < -0.3 is 14.9 Å². The molecule has 18 heavy (non-hydrogen) atoms. The molecule has 0 aliphatic carbocycles. The summed E-state index contributed by atoms with van der Waals surface area (Å²) < 4.78 is 11.6. The first-order valence-electron chi connectivity index (χ1n) is 5.37. The van der Waals surface area contributed by atoms with Crippen molar-refractivity contribution in [1.29, 1.82) is 0 Å². The van der Waals surface area contributed by atoms with Crippen molar-refractivity contribution in [2.24, 2.45) is 5.73 Å². The molecule has 0 saturated heterocycles. The van der Waals surface area contributed by atoms with Crippen LogP contribution >= 0.6 is 27.5 Å². The lowest BCUT2D eigenvalue weighted by molar-refractivity contribution is 0.400. The molecule has 1 aromatic carbocycles. The van der Waals surface area contributed by atoms with E-state index < -0.39 is 6.04 Å². The molecule has 1 unspecified atom stereocenters. The van der Waals surface area contributed by atoms with E-state index in [1.165, 1.54) is 0 Å². The third kappa shape index (κ3) is 2.41. The number of aryl methyl sites for hydroxylation is 1. The summed E-state index contributed by atoms with van der Waals surface area (Å²) in [7, 11) is 1.60. The Kier molecular flexibility index (Phi) is 4.00. The average Bonchev–Trinajstić information content (AvgIpc) is 2.73. The molecule has 0 aliphatic rings. The first-order valence-corrected chi connectivity index (χ1v) is 6.54. The zero-order valence-electron chi connectivity index (χ0n) is 10.0. The van der Waals surface area contributed by atoms with Gasteiger partial charge in [0.15, 0.2) is 0 Å². The zero-order valence-corrected chi connectivity index (χ0v) is 12.4. The summed E-state index contributed by atoms with van der Waals surface area (Å²) in [5.74, 6) is 1.38. The summed E-state index contributed by atoms with van der Waals surface area (Å²) >= 11 is 9.47. The standard InChI is InChI=1S/C13H13BrClNO2/c1-7-3-4-18-12(7)11(16)9-5-8(15)6-10(14)13(9)17-2/h3-6,11H,16H2,1-2H3. The summed E-state index contributed by atoms with van der Waals surface area (Å²) in [4.78, 5) is 0. The van der Waals surface area contributed by atoms with Gasteiger partial charge in [0.05, 0.1) is 23.9 Å². The van der Waals surface area contributed by atoms with E-state index in [4.69, 9.17) is 26.5 Å². The van der Waals surface area contributed by atoms with Crippen LogP contribution in [0.25, 0.3) is 0 Å². The number of methoxy groups -OCH3 is 1. The number of furan rings is 1. The van der Waals surface area contributed by atoms with E-state index in [-0.39, 0.29) is 0 Å². The maximum absolute atomic E-state index is 6.22. The van der Waals surface area contributed by atoms with Crippen LogP contribution in [-0.2, 0) is 0 Å². The molecule has 0 aliphatic heterocycles. The first kappa shape index (κ1) is 13.5. The molecule has 1 heterocycles. The predicted octanol–water partition coefficient (Wildman–Crippen LogP) is 4.06. The van der Waals surface area contributed by atoms with Crippen molar-refractivity contribution in [3.05, 3.63) is 50.8 Å². The van der Waals surface area contributed by atoms with Gasteiger partial charge in [-0.05, 0) is 46.6 Å². The minimum absolute atomic E-state index is 0.412. The van der Waals surface area contributed by atoms with Crippen LogP contribution in [0.5, 0.6) is 5.75 Å². The predicted molar refractivity (Wildman–Crippen MR) is 75.2 cm³/mol. The molecule has 0 bridgehead atoms. The normalized spacial score (nSPS) is 12.5. The van der Waals surface area contributed by atoms with Crippen molar-refractivity contribution in [3.8, 4) is 5.75 Å². The summed E-state index contributed by atoms with van der Waals surface area (Å²) in [6.45, 7) is 1.95. The number of benzene rings is 1. The molecule has 0 saturated carbocycles. The molecular formula is C13H13BrClNO2. The van der Waals surface area contributed by atoms with E-state index in [1.54, 1.807) is 25.5 Å². The van der Waals surface area contributed by atoms with Gasteiger partial charge in [-0.3, -0.25) is 0 Å². The highest BCUT2D eigenvalue weighted by atomic mass is 79.9. The number of nitrogens with two attached hydrogens (primary N) is 1. The highest BCUT2D eigenvalue weighted by molar-refractivity contribution is 9.10. The molecule has 3 nitrogen and oxygen atoms in total. The number of hydrogen-bond donors (Lipinski definition) is 1. The summed E-state index contributed by atoms with van der Waals surface area (Å²) in [5, 5.41) is 0.595. The Bertz CT molecular complexity index is 568. The van der Waals surface area contributed by atoms with Gasteiger partial charge in [-0.25, -0.2) is 0 Å². The monoisotopic (exact) mass is 329 g/mol. The fourth-order valence-electron chi connectivity index (χ4n) is 1.87. The Labute approximate surface area is 119 Å². The molecule has 5 heteroatoms. The first-order chi connectivity index (χ1) is 8.54. The maximum atomic E-state index is 6.22. The van der Waals surface area contributed by atoms with Crippen LogP contribution in [0.1, 0.15) is 22.9 Å². The number of rotatable bonds is 3. The minimum atomic E-state index is -0.412.